The van der Waals surface area contributed by atoms with Crippen LogP contribution in [0.25, 0.3) is 0 Å². The van der Waals surface area contributed by atoms with Gasteiger partial charge in [-0.05, 0) is 0 Å². The molecular formula is N3O9Th. The molecule has 73 valence electrons. The Hall–Kier alpha value is -1.08. The van der Waals surface area contributed by atoms with Crippen molar-refractivity contribution in [2.24, 2.45) is 0 Å². The van der Waals surface area contributed by atoms with Crippen molar-refractivity contribution in [3.8, 4) is 0 Å². The van der Waals surface area contributed by atoms with Crippen molar-refractivity contribution in [2.45, 2.75) is 0 Å². The van der Waals surface area contributed by atoms with Crippen LogP contribution < -0.4 is 0 Å². The summed E-state index contributed by atoms with van der Waals surface area (Å²) in [7, 11) is 0. The van der Waals surface area contributed by atoms with E-state index < -0.39 is 15.3 Å². The Kier molecular flexibility index (Phi) is 29.9. The number of hydrogen-bond acceptors (Lipinski definition) is 9. The smallest absolute Gasteiger partial charge is 0.356 e. The maximum atomic E-state index is 8.25. The third-order valence-electron chi connectivity index (χ3n) is 0. The van der Waals surface area contributed by atoms with Gasteiger partial charge in [0, 0.05) is 0 Å². The van der Waals surface area contributed by atoms with E-state index in [-0.39, 0.29) is 39.9 Å². The van der Waals surface area contributed by atoms with E-state index in [4.69, 9.17) is 46.0 Å². The minimum atomic E-state index is -1.75. The molecule has 0 atom stereocenters. The molecule has 0 N–H and O–H groups in total. The molecule has 1 radical (unpaired) electrons. The first kappa shape index (κ1) is 22.7. The number of hydrogen-bond donors (Lipinski definition) is 0. The molecule has 0 saturated heterocycles. The van der Waals surface area contributed by atoms with E-state index in [0.29, 0.717) is 0 Å². The van der Waals surface area contributed by atoms with Crippen LogP contribution in [0.5, 0.6) is 0 Å². The van der Waals surface area contributed by atoms with Crippen LogP contribution >= 0.6 is 0 Å². The summed E-state index contributed by atoms with van der Waals surface area (Å²) >= 11 is 0. The molecule has 0 heterocycles. The van der Waals surface area contributed by atoms with Crippen LogP contribution in [0.2, 0.25) is 0 Å². The summed E-state index contributed by atoms with van der Waals surface area (Å²) < 4.78 is 0. The third kappa shape index (κ3) is 753. The third-order valence-corrected chi connectivity index (χ3v) is 0. The first-order chi connectivity index (χ1) is 5.20. The maximum absolute atomic E-state index is 8.25. The molecule has 0 aliphatic rings. The van der Waals surface area contributed by atoms with E-state index in [1.54, 1.807) is 0 Å². The summed E-state index contributed by atoms with van der Waals surface area (Å²) in [6.07, 6.45) is 0. The average molecular weight is 418 g/mol. The van der Waals surface area contributed by atoms with Crippen LogP contribution in [0.15, 0.2) is 0 Å². The minimum Gasteiger partial charge on any atom is -0.356 e. The molecule has 0 amide bonds. The van der Waals surface area contributed by atoms with Gasteiger partial charge in [-0.2, -0.15) is 0 Å². The topological polar surface area (TPSA) is 199 Å². The van der Waals surface area contributed by atoms with Crippen LogP contribution in [0.3, 0.4) is 0 Å². The second-order valence-corrected chi connectivity index (χ2v) is 0.671. The van der Waals surface area contributed by atoms with Crippen molar-refractivity contribution < 1.29 is 55.2 Å². The molecule has 0 aromatic heterocycles. The van der Waals surface area contributed by atoms with Gasteiger partial charge in [-0.3, -0.25) is 0 Å². The minimum absolute atomic E-state index is 0. The van der Waals surface area contributed by atoms with Crippen molar-refractivity contribution in [1.29, 1.82) is 0 Å². The molecule has 0 bridgehead atoms. The van der Waals surface area contributed by atoms with Crippen molar-refractivity contribution in [2.75, 3.05) is 0 Å². The summed E-state index contributed by atoms with van der Waals surface area (Å²) in [5, 5.41) is 44.2. The van der Waals surface area contributed by atoms with Crippen LogP contribution in [-0.4, -0.2) is 15.3 Å². The summed E-state index contributed by atoms with van der Waals surface area (Å²) in [6, 6.07) is 0. The van der Waals surface area contributed by atoms with Gasteiger partial charge < -0.3 is 46.0 Å². The number of nitrogens with zero attached hydrogens (tertiary/aromatic N) is 3. The van der Waals surface area contributed by atoms with Crippen molar-refractivity contribution in [3.63, 3.8) is 0 Å². The normalized spacial score (nSPS) is 5.54. The zero-order valence-corrected chi connectivity index (χ0v) is 9.63. The van der Waals surface area contributed by atoms with Gasteiger partial charge in [0.15, 0.2) is 0 Å². The Bertz CT molecular complexity index is 112. The summed E-state index contributed by atoms with van der Waals surface area (Å²) in [5.74, 6) is 0. The summed E-state index contributed by atoms with van der Waals surface area (Å²) in [4.78, 5) is 24.8. The Morgan fingerprint density at radius 2 is 0.538 bits per heavy atom. The van der Waals surface area contributed by atoms with Gasteiger partial charge in [-0.1, -0.05) is 0 Å². The van der Waals surface area contributed by atoms with Crippen molar-refractivity contribution in [1.82, 2.24) is 0 Å². The summed E-state index contributed by atoms with van der Waals surface area (Å²) in [5.41, 5.74) is 0. The Balaban J connectivity index is -0.0000000450. The van der Waals surface area contributed by atoms with E-state index >= 15 is 0 Å². The molecule has 0 aromatic carbocycles. The van der Waals surface area contributed by atoms with Crippen molar-refractivity contribution >= 4 is 0 Å². The van der Waals surface area contributed by atoms with E-state index in [0.717, 1.165) is 0 Å². The molecule has 13 heavy (non-hydrogen) atoms. The molecule has 0 saturated carbocycles. The molecule has 0 rings (SSSR count). The van der Waals surface area contributed by atoms with Gasteiger partial charge in [0.25, 0.3) is 0 Å². The molecular weight excluding hydrogens is 418 g/mol. The van der Waals surface area contributed by atoms with Gasteiger partial charge in [0.1, 0.15) is 0 Å². The molecule has 0 aromatic rings. The fourth-order valence-electron chi connectivity index (χ4n) is 0. The van der Waals surface area contributed by atoms with Crippen LogP contribution in [0.1, 0.15) is 0 Å². The van der Waals surface area contributed by atoms with Gasteiger partial charge in [0.2, 0.25) is 0 Å². The summed E-state index contributed by atoms with van der Waals surface area (Å²) in [6.45, 7) is 0. The predicted octanol–water partition coefficient (Wildman–Crippen LogP) is -0.717. The van der Waals surface area contributed by atoms with E-state index in [1.165, 1.54) is 0 Å². The molecule has 0 spiro atoms. The molecule has 0 aliphatic carbocycles. The Morgan fingerprint density at radius 1 is 0.538 bits per heavy atom. The molecule has 0 fully saturated rings. The van der Waals surface area contributed by atoms with Gasteiger partial charge >= 0.3 is 39.9 Å². The average Bonchev–Trinajstić information content (AvgIpc) is 1.54. The molecule has 13 heteroatoms. The van der Waals surface area contributed by atoms with Crippen LogP contribution in [-0.2, 0) is 0 Å². The van der Waals surface area contributed by atoms with E-state index in [1.807, 2.05) is 0 Å². The van der Waals surface area contributed by atoms with Gasteiger partial charge in [-0.25, -0.2) is 0 Å². The Labute approximate surface area is 101 Å². The quantitative estimate of drug-likeness (QED) is 0.360. The standard InChI is InChI=1S/3NO3.Th/c3*2-1(3)4;/q3*-1;+3. The number of rotatable bonds is 0. The monoisotopic (exact) mass is 418 g/mol. The first-order valence-corrected chi connectivity index (χ1v) is 1.64. The van der Waals surface area contributed by atoms with Crippen LogP contribution in [0, 0.1) is 85.9 Å². The van der Waals surface area contributed by atoms with E-state index in [2.05, 4.69) is 0 Å². The predicted molar refractivity (Wildman–Crippen MR) is 31.1 cm³/mol. The Morgan fingerprint density at radius 3 is 0.538 bits per heavy atom. The second kappa shape index (κ2) is 17.1. The SMILES string of the molecule is O=[N+]([O-])[O-].O=[N+]([O-])[O-].O=[N+]([O-])[O-].[Th+3]. The fraction of sp³-hybridized carbons (Fsp3) is 0. The molecule has 12 nitrogen and oxygen atoms in total. The maximum Gasteiger partial charge on any atom is 3.00 e. The van der Waals surface area contributed by atoms with Crippen molar-refractivity contribution in [3.05, 3.63) is 46.0 Å². The second-order valence-electron chi connectivity index (χ2n) is 0.671. The van der Waals surface area contributed by atoms with Crippen LogP contribution in [0.4, 0.5) is 0 Å². The molecule has 0 aliphatic heterocycles. The molecule has 0 unspecified atom stereocenters. The zero-order chi connectivity index (χ0) is 10.7. The van der Waals surface area contributed by atoms with Gasteiger partial charge in [-0.15, -0.1) is 0 Å². The van der Waals surface area contributed by atoms with Gasteiger partial charge in [0.05, 0.1) is 15.3 Å². The van der Waals surface area contributed by atoms with E-state index in [9.17, 15) is 0 Å². The largest absolute Gasteiger partial charge is 3.00 e. The zero-order valence-electron chi connectivity index (χ0n) is 5.52. The fourth-order valence-corrected chi connectivity index (χ4v) is 0. The first-order valence-electron chi connectivity index (χ1n) is 1.64.